The first-order chi connectivity index (χ1) is 46.9. The van der Waals surface area contributed by atoms with E-state index in [2.05, 4.69) is 90.2 Å². The van der Waals surface area contributed by atoms with Crippen molar-refractivity contribution in [3.63, 3.8) is 0 Å². The molecular weight excluding hydrogens is 1270 g/mol. The highest BCUT2D eigenvalue weighted by Crippen LogP contribution is 2.45. The number of unbranched alkanes of at least 4 members (excludes halogenated alkanes) is 36. The van der Waals surface area contributed by atoms with Gasteiger partial charge < -0.3 is 33.8 Å². The highest BCUT2D eigenvalue weighted by atomic mass is 31.2. The first kappa shape index (κ1) is 94.0. The molecule has 0 rings (SSSR count). The largest absolute Gasteiger partial charge is 0.472 e. The Morgan fingerprint density at radius 3 is 0.918 bits per heavy atom. The van der Waals surface area contributed by atoms with E-state index >= 15 is 0 Å². The molecule has 0 radical (unpaired) electrons. The lowest BCUT2D eigenvalue weighted by Crippen LogP contribution is -2.30. The lowest BCUT2D eigenvalue weighted by molar-refractivity contribution is -0.161. The number of aliphatic hydroxyl groups excluding tert-OH is 1. The topological polar surface area (TPSA) is 237 Å². The first-order valence-electron chi connectivity index (χ1n) is 39.2. The molecule has 0 saturated carbocycles. The van der Waals surface area contributed by atoms with Gasteiger partial charge in [-0.3, -0.25) is 37.3 Å². The first-order valence-corrected chi connectivity index (χ1v) is 42.2. The maximum Gasteiger partial charge on any atom is 0.472 e. The predicted octanol–water partition coefficient (Wildman–Crippen LogP) is 22.2. The van der Waals surface area contributed by atoms with E-state index in [1.807, 2.05) is 0 Å². The Labute approximate surface area is 591 Å². The van der Waals surface area contributed by atoms with Crippen molar-refractivity contribution in [3.8, 4) is 0 Å². The van der Waals surface area contributed by atoms with Gasteiger partial charge in [-0.05, 0) is 88.9 Å². The molecule has 0 saturated heterocycles. The third-order valence-corrected chi connectivity index (χ3v) is 19.2. The Balaban J connectivity index is 5.30. The molecule has 0 spiro atoms. The Morgan fingerprint density at radius 1 is 0.340 bits per heavy atom. The molecule has 0 bridgehead atoms. The molecule has 0 aliphatic rings. The fourth-order valence-electron chi connectivity index (χ4n) is 10.9. The summed E-state index contributed by atoms with van der Waals surface area (Å²) in [4.78, 5) is 72.8. The standard InChI is InChI=1S/C78H144O17P2/c1-7-10-12-14-16-18-20-22-24-30-34-38-42-50-56-62-77(82)94-73(66-88-75(80)60-54-48-41-37-33-29-27-26-28-32-36-40-47-53-59-71(6)9-3)68-92-96(84,85)90-64-72(79)65-91-97(86,87)93-69-74(67-89-76(81)61-55-49-45-44-46-52-58-70(4)5)95-78(83)63-57-51-43-39-35-31-25-23-21-19-17-15-13-11-8-2/h18-25,70-74,79H,7-17,26-69H2,1-6H3,(H,84,85)(H,86,87)/b20-18-,21-19-,24-22-,25-23-/t71?,72-,73-,74-/m1/s1. The molecule has 19 heteroatoms. The van der Waals surface area contributed by atoms with Crippen molar-refractivity contribution in [1.82, 2.24) is 0 Å². The highest BCUT2D eigenvalue weighted by Gasteiger charge is 2.30. The molecule has 568 valence electrons. The summed E-state index contributed by atoms with van der Waals surface area (Å²) in [6.07, 6.45) is 62.7. The smallest absolute Gasteiger partial charge is 0.462 e. The zero-order valence-electron chi connectivity index (χ0n) is 62.3. The fraction of sp³-hybridized carbons (Fsp3) is 0.846. The van der Waals surface area contributed by atoms with Crippen molar-refractivity contribution < 1.29 is 80.2 Å². The van der Waals surface area contributed by atoms with Gasteiger partial charge in [0.15, 0.2) is 12.2 Å². The Morgan fingerprint density at radius 2 is 0.608 bits per heavy atom. The van der Waals surface area contributed by atoms with Crippen molar-refractivity contribution in [2.45, 2.75) is 374 Å². The normalized spacial score (nSPS) is 14.6. The van der Waals surface area contributed by atoms with Crippen LogP contribution in [-0.2, 0) is 65.4 Å². The van der Waals surface area contributed by atoms with Gasteiger partial charge >= 0.3 is 39.5 Å². The molecule has 6 atom stereocenters. The molecular formula is C78H144O17P2. The van der Waals surface area contributed by atoms with Gasteiger partial charge in [-0.2, -0.15) is 0 Å². The van der Waals surface area contributed by atoms with Gasteiger partial charge in [0.2, 0.25) is 0 Å². The lowest BCUT2D eigenvalue weighted by Gasteiger charge is -2.21. The Hall–Kier alpha value is -2.98. The summed E-state index contributed by atoms with van der Waals surface area (Å²) >= 11 is 0. The van der Waals surface area contributed by atoms with Gasteiger partial charge in [-0.25, -0.2) is 9.13 Å². The van der Waals surface area contributed by atoms with E-state index in [-0.39, 0.29) is 25.7 Å². The molecule has 0 heterocycles. The van der Waals surface area contributed by atoms with Crippen molar-refractivity contribution in [3.05, 3.63) is 48.6 Å². The van der Waals surface area contributed by atoms with Crippen LogP contribution in [0, 0.1) is 11.8 Å². The molecule has 0 fully saturated rings. The van der Waals surface area contributed by atoms with Crippen molar-refractivity contribution in [1.29, 1.82) is 0 Å². The molecule has 17 nitrogen and oxygen atoms in total. The number of hydrogen-bond acceptors (Lipinski definition) is 15. The summed E-state index contributed by atoms with van der Waals surface area (Å²) in [5, 5.41) is 10.6. The van der Waals surface area contributed by atoms with Crippen LogP contribution in [0.4, 0.5) is 0 Å². The lowest BCUT2D eigenvalue weighted by atomic mass is 9.99. The molecule has 0 amide bonds. The van der Waals surface area contributed by atoms with Crippen LogP contribution < -0.4 is 0 Å². The van der Waals surface area contributed by atoms with Crippen LogP contribution in [0.25, 0.3) is 0 Å². The van der Waals surface area contributed by atoms with Gasteiger partial charge in [0.05, 0.1) is 26.4 Å². The van der Waals surface area contributed by atoms with Crippen molar-refractivity contribution in [2.24, 2.45) is 11.8 Å². The van der Waals surface area contributed by atoms with Gasteiger partial charge in [0, 0.05) is 25.7 Å². The number of phosphoric ester groups is 2. The summed E-state index contributed by atoms with van der Waals surface area (Å²) in [5.74, 6) is -0.656. The monoisotopic (exact) mass is 1410 g/mol. The fourth-order valence-corrected chi connectivity index (χ4v) is 12.5. The number of rotatable bonds is 73. The van der Waals surface area contributed by atoms with E-state index in [9.17, 15) is 43.2 Å². The van der Waals surface area contributed by atoms with Crippen LogP contribution in [0.3, 0.4) is 0 Å². The second-order valence-corrected chi connectivity index (χ2v) is 30.4. The van der Waals surface area contributed by atoms with E-state index < -0.39 is 97.5 Å². The third-order valence-electron chi connectivity index (χ3n) is 17.3. The second-order valence-electron chi connectivity index (χ2n) is 27.4. The minimum atomic E-state index is -4.97. The number of carbonyl (C=O) groups is 4. The molecule has 0 aliphatic heterocycles. The molecule has 97 heavy (non-hydrogen) atoms. The summed E-state index contributed by atoms with van der Waals surface area (Å²) in [6.45, 7) is 9.44. The van der Waals surface area contributed by atoms with Gasteiger partial charge in [-0.1, -0.05) is 302 Å². The SMILES string of the molecule is CCCCCC/C=C\C=C/CCCCCCCC(=O)O[C@H](COC(=O)CCCCCCCCCCCCCCCCC(C)CC)COP(=O)(O)OC[C@@H](O)COP(=O)(O)OC[C@@H](COC(=O)CCCCCCCCC(C)C)OC(=O)CCCCCCC/C=C\C=C/CCCCCC. The van der Waals surface area contributed by atoms with E-state index in [0.717, 1.165) is 128 Å². The highest BCUT2D eigenvalue weighted by molar-refractivity contribution is 7.47. The minimum Gasteiger partial charge on any atom is -0.462 e. The Kier molecular flexibility index (Phi) is 66.7. The third kappa shape index (κ3) is 69.9. The van der Waals surface area contributed by atoms with E-state index in [0.29, 0.717) is 31.6 Å². The van der Waals surface area contributed by atoms with Crippen LogP contribution in [-0.4, -0.2) is 96.7 Å². The number of esters is 4. The molecule has 0 aromatic heterocycles. The van der Waals surface area contributed by atoms with Gasteiger partial charge in [0.1, 0.15) is 19.3 Å². The quantitative estimate of drug-likeness (QED) is 0.0169. The average Bonchev–Trinajstić information content (AvgIpc) is 1.51. The van der Waals surface area contributed by atoms with Crippen molar-refractivity contribution in [2.75, 3.05) is 39.6 Å². The second kappa shape index (κ2) is 68.8. The van der Waals surface area contributed by atoms with Crippen LogP contribution >= 0.6 is 15.6 Å². The van der Waals surface area contributed by atoms with E-state index in [1.54, 1.807) is 0 Å². The number of carbonyl (C=O) groups excluding carboxylic acids is 4. The van der Waals surface area contributed by atoms with Gasteiger partial charge in [-0.15, -0.1) is 0 Å². The molecule has 0 aromatic carbocycles. The Bertz CT molecular complexity index is 2060. The predicted molar refractivity (Wildman–Crippen MR) is 395 cm³/mol. The maximum atomic E-state index is 13.1. The van der Waals surface area contributed by atoms with E-state index in [1.165, 1.54) is 141 Å². The summed E-state index contributed by atoms with van der Waals surface area (Å²) < 4.78 is 68.4. The molecule has 3 unspecified atom stereocenters. The number of ether oxygens (including phenoxy) is 4. The zero-order valence-corrected chi connectivity index (χ0v) is 64.1. The molecule has 0 aliphatic carbocycles. The number of hydrogen-bond donors (Lipinski definition) is 3. The van der Waals surface area contributed by atoms with Crippen LogP contribution in [0.15, 0.2) is 48.6 Å². The van der Waals surface area contributed by atoms with Crippen LogP contribution in [0.2, 0.25) is 0 Å². The maximum absolute atomic E-state index is 13.1. The van der Waals surface area contributed by atoms with E-state index in [4.69, 9.17) is 37.0 Å². The summed E-state index contributed by atoms with van der Waals surface area (Å²) in [6, 6.07) is 0. The van der Waals surface area contributed by atoms with Crippen molar-refractivity contribution >= 4 is 39.5 Å². The number of aliphatic hydroxyl groups is 1. The van der Waals surface area contributed by atoms with Crippen LogP contribution in [0.1, 0.15) is 356 Å². The summed E-state index contributed by atoms with van der Waals surface area (Å²) in [7, 11) is -9.94. The average molecular weight is 1420 g/mol. The summed E-state index contributed by atoms with van der Waals surface area (Å²) in [5.41, 5.74) is 0. The number of allylic oxidation sites excluding steroid dienone is 8. The van der Waals surface area contributed by atoms with Gasteiger partial charge in [0.25, 0.3) is 0 Å². The molecule has 0 aromatic rings. The van der Waals surface area contributed by atoms with Crippen LogP contribution in [0.5, 0.6) is 0 Å². The number of phosphoric acid groups is 2. The zero-order chi connectivity index (χ0) is 71.4. The molecule has 3 N–H and O–H groups in total. The minimum absolute atomic E-state index is 0.0814.